The fourth-order valence-corrected chi connectivity index (χ4v) is 3.66. The maximum absolute atomic E-state index is 6.08. The van der Waals surface area contributed by atoms with Crippen LogP contribution < -0.4 is 15.2 Å². The number of ether oxygens (including phenoxy) is 2. The summed E-state index contributed by atoms with van der Waals surface area (Å²) >= 11 is 1.69. The van der Waals surface area contributed by atoms with Gasteiger partial charge in [0.1, 0.15) is 0 Å². The van der Waals surface area contributed by atoms with E-state index in [1.165, 1.54) is 31.2 Å². The van der Waals surface area contributed by atoms with Gasteiger partial charge in [-0.25, -0.2) is 0 Å². The van der Waals surface area contributed by atoms with Crippen LogP contribution in [0, 0.1) is 0 Å². The van der Waals surface area contributed by atoms with E-state index >= 15 is 0 Å². The minimum absolute atomic E-state index is 0.129. The van der Waals surface area contributed by atoms with Gasteiger partial charge in [0.15, 0.2) is 11.5 Å². The normalized spacial score (nSPS) is 17.5. The van der Waals surface area contributed by atoms with Crippen LogP contribution in [-0.2, 0) is 5.41 Å². The van der Waals surface area contributed by atoms with Gasteiger partial charge in [0.2, 0.25) is 0 Å². The zero-order chi connectivity index (χ0) is 13.9. The fraction of sp³-hybridized carbons (Fsp3) is 0.600. The molecule has 19 heavy (non-hydrogen) atoms. The predicted molar refractivity (Wildman–Crippen MR) is 80.5 cm³/mol. The monoisotopic (exact) mass is 281 g/mol. The lowest BCUT2D eigenvalue weighted by atomic mass is 9.79. The summed E-state index contributed by atoms with van der Waals surface area (Å²) in [5.41, 5.74) is 7.51. The zero-order valence-electron chi connectivity index (χ0n) is 12.0. The Morgan fingerprint density at radius 3 is 2.37 bits per heavy atom. The maximum atomic E-state index is 6.08. The second kappa shape index (κ2) is 6.06. The van der Waals surface area contributed by atoms with E-state index < -0.39 is 0 Å². The Morgan fingerprint density at radius 1 is 1.21 bits per heavy atom. The molecule has 0 heterocycles. The topological polar surface area (TPSA) is 44.5 Å². The summed E-state index contributed by atoms with van der Waals surface area (Å²) in [5, 5.41) is 0. The Morgan fingerprint density at radius 2 is 1.89 bits per heavy atom. The van der Waals surface area contributed by atoms with Gasteiger partial charge in [-0.2, -0.15) is 0 Å². The van der Waals surface area contributed by atoms with E-state index in [0.717, 1.165) is 16.4 Å². The molecule has 3 nitrogen and oxygen atoms in total. The smallest absolute Gasteiger partial charge is 0.174 e. The summed E-state index contributed by atoms with van der Waals surface area (Å²) in [4.78, 5) is 1.12. The third kappa shape index (κ3) is 2.56. The number of thioether (sulfide) groups is 1. The Kier molecular flexibility index (Phi) is 4.63. The van der Waals surface area contributed by atoms with Gasteiger partial charge >= 0.3 is 0 Å². The Hall–Kier alpha value is -0.870. The van der Waals surface area contributed by atoms with Crippen LogP contribution in [0.15, 0.2) is 17.0 Å². The van der Waals surface area contributed by atoms with Crippen molar-refractivity contribution < 1.29 is 9.47 Å². The molecular formula is C15H23NO2S. The molecule has 0 radical (unpaired) electrons. The van der Waals surface area contributed by atoms with Crippen molar-refractivity contribution in [2.45, 2.75) is 36.0 Å². The van der Waals surface area contributed by atoms with E-state index in [1.54, 1.807) is 26.0 Å². The predicted octanol–water partition coefficient (Wildman–Crippen LogP) is 3.20. The van der Waals surface area contributed by atoms with Gasteiger partial charge in [-0.05, 0) is 36.8 Å². The van der Waals surface area contributed by atoms with Gasteiger partial charge in [-0.1, -0.05) is 12.8 Å². The first-order valence-electron chi connectivity index (χ1n) is 6.71. The first kappa shape index (κ1) is 14.5. The summed E-state index contributed by atoms with van der Waals surface area (Å²) in [5.74, 6) is 1.63. The molecule has 1 aromatic carbocycles. The molecule has 0 atom stereocenters. The molecule has 1 fully saturated rings. The molecule has 1 aliphatic rings. The van der Waals surface area contributed by atoms with E-state index in [2.05, 4.69) is 18.4 Å². The third-order valence-electron chi connectivity index (χ3n) is 4.23. The van der Waals surface area contributed by atoms with Crippen LogP contribution in [0.3, 0.4) is 0 Å². The van der Waals surface area contributed by atoms with E-state index in [0.29, 0.717) is 6.54 Å². The zero-order valence-corrected chi connectivity index (χ0v) is 12.8. The molecule has 0 bridgehead atoms. The minimum Gasteiger partial charge on any atom is -0.493 e. The number of nitrogens with two attached hydrogens (primary N) is 1. The summed E-state index contributed by atoms with van der Waals surface area (Å²) in [7, 11) is 3.38. The quantitative estimate of drug-likeness (QED) is 0.842. The summed E-state index contributed by atoms with van der Waals surface area (Å²) in [6.07, 6.45) is 6.94. The third-order valence-corrected chi connectivity index (χ3v) is 4.97. The molecule has 2 rings (SSSR count). The lowest BCUT2D eigenvalue weighted by molar-refractivity contribution is 0.345. The Labute approximate surface area is 119 Å². The first-order valence-corrected chi connectivity index (χ1v) is 7.94. The van der Waals surface area contributed by atoms with Crippen molar-refractivity contribution in [3.8, 4) is 11.5 Å². The van der Waals surface area contributed by atoms with Gasteiger partial charge in [0.25, 0.3) is 0 Å². The number of methoxy groups -OCH3 is 2. The van der Waals surface area contributed by atoms with Gasteiger partial charge in [0.05, 0.1) is 19.1 Å². The van der Waals surface area contributed by atoms with Gasteiger partial charge in [-0.3, -0.25) is 0 Å². The van der Waals surface area contributed by atoms with Crippen LogP contribution in [0.1, 0.15) is 31.2 Å². The van der Waals surface area contributed by atoms with Crippen molar-refractivity contribution in [3.05, 3.63) is 17.7 Å². The van der Waals surface area contributed by atoms with Crippen molar-refractivity contribution in [3.63, 3.8) is 0 Å². The van der Waals surface area contributed by atoms with E-state index in [4.69, 9.17) is 15.2 Å². The lowest BCUT2D eigenvalue weighted by Crippen LogP contribution is -2.32. The second-order valence-electron chi connectivity index (χ2n) is 5.11. The molecule has 0 aliphatic heterocycles. The molecule has 0 spiro atoms. The lowest BCUT2D eigenvalue weighted by Gasteiger charge is -2.29. The highest BCUT2D eigenvalue weighted by Gasteiger charge is 2.35. The fourth-order valence-electron chi connectivity index (χ4n) is 3.05. The van der Waals surface area contributed by atoms with E-state index in [9.17, 15) is 0 Å². The Bertz CT molecular complexity index is 417. The molecule has 1 aliphatic carbocycles. The maximum Gasteiger partial charge on any atom is 0.174 e. The average molecular weight is 281 g/mol. The molecule has 0 saturated heterocycles. The minimum atomic E-state index is 0.129. The van der Waals surface area contributed by atoms with Crippen molar-refractivity contribution in [1.82, 2.24) is 0 Å². The molecule has 1 aromatic rings. The highest BCUT2D eigenvalue weighted by molar-refractivity contribution is 7.98. The average Bonchev–Trinajstić information content (AvgIpc) is 2.95. The number of hydrogen-bond acceptors (Lipinski definition) is 4. The van der Waals surface area contributed by atoms with Crippen LogP contribution in [-0.4, -0.2) is 27.0 Å². The van der Waals surface area contributed by atoms with Gasteiger partial charge in [0, 0.05) is 12.0 Å². The second-order valence-corrected chi connectivity index (χ2v) is 5.95. The summed E-state index contributed by atoms with van der Waals surface area (Å²) in [6, 6.07) is 4.33. The van der Waals surface area contributed by atoms with Crippen molar-refractivity contribution in [1.29, 1.82) is 0 Å². The van der Waals surface area contributed by atoms with Crippen molar-refractivity contribution in [2.75, 3.05) is 27.0 Å². The molecule has 0 aromatic heterocycles. The first-order chi connectivity index (χ1) is 9.20. The molecule has 106 valence electrons. The number of benzene rings is 1. The van der Waals surface area contributed by atoms with Crippen LogP contribution in [0.4, 0.5) is 0 Å². The molecule has 2 N–H and O–H groups in total. The molecule has 0 amide bonds. The summed E-state index contributed by atoms with van der Waals surface area (Å²) in [6.45, 7) is 0.705. The molecule has 4 heteroatoms. The van der Waals surface area contributed by atoms with Gasteiger partial charge in [-0.15, -0.1) is 11.8 Å². The highest BCUT2D eigenvalue weighted by Crippen LogP contribution is 2.46. The largest absolute Gasteiger partial charge is 0.493 e. The molecular weight excluding hydrogens is 258 g/mol. The van der Waals surface area contributed by atoms with Gasteiger partial charge < -0.3 is 15.2 Å². The standard InChI is InChI=1S/C15H23NO2S/c1-17-12-8-11(9-13(19-3)14(12)18-2)15(10-16)6-4-5-7-15/h8-9H,4-7,10,16H2,1-3H3. The van der Waals surface area contributed by atoms with E-state index in [1.807, 2.05) is 0 Å². The SMILES string of the molecule is COc1cc(C2(CN)CCCC2)cc(SC)c1OC. The number of rotatable bonds is 5. The van der Waals surface area contributed by atoms with Crippen LogP contribution in [0.2, 0.25) is 0 Å². The van der Waals surface area contributed by atoms with Crippen LogP contribution in [0.25, 0.3) is 0 Å². The Balaban J connectivity index is 2.52. The number of hydrogen-bond donors (Lipinski definition) is 1. The summed E-state index contributed by atoms with van der Waals surface area (Å²) < 4.78 is 11.0. The molecule has 0 unspecified atom stereocenters. The van der Waals surface area contributed by atoms with Crippen LogP contribution >= 0.6 is 11.8 Å². The van der Waals surface area contributed by atoms with Crippen molar-refractivity contribution >= 4 is 11.8 Å². The molecule has 1 saturated carbocycles. The van der Waals surface area contributed by atoms with E-state index in [-0.39, 0.29) is 5.41 Å². The highest BCUT2D eigenvalue weighted by atomic mass is 32.2. The van der Waals surface area contributed by atoms with Crippen LogP contribution in [0.5, 0.6) is 11.5 Å². The van der Waals surface area contributed by atoms with Crippen molar-refractivity contribution in [2.24, 2.45) is 5.73 Å².